The second-order valence-corrected chi connectivity index (χ2v) is 6.50. The first-order chi connectivity index (χ1) is 11.1. The van der Waals surface area contributed by atoms with Gasteiger partial charge < -0.3 is 14.8 Å². The monoisotopic (exact) mass is 329 g/mol. The molecular formula is C18H16ClNO3. The number of carbonyl (C=O) groups excluding carboxylic acids is 1. The summed E-state index contributed by atoms with van der Waals surface area (Å²) < 4.78 is 10.8. The van der Waals surface area contributed by atoms with Crippen LogP contribution in [-0.4, -0.2) is 12.7 Å². The van der Waals surface area contributed by atoms with Crippen LogP contribution in [0.3, 0.4) is 0 Å². The molecule has 0 radical (unpaired) electrons. The number of benzene rings is 2. The Morgan fingerprint density at radius 2 is 1.91 bits per heavy atom. The fourth-order valence-electron chi connectivity index (χ4n) is 2.94. The van der Waals surface area contributed by atoms with Crippen molar-refractivity contribution in [2.45, 2.75) is 25.2 Å². The molecule has 2 aromatic rings. The third-order valence-corrected chi connectivity index (χ3v) is 4.79. The average Bonchev–Trinajstić information content (AvgIpc) is 3.22. The Hall–Kier alpha value is -2.20. The molecule has 1 aliphatic heterocycles. The Morgan fingerprint density at radius 3 is 2.70 bits per heavy atom. The van der Waals surface area contributed by atoms with Crippen molar-refractivity contribution in [3.05, 3.63) is 52.5 Å². The van der Waals surface area contributed by atoms with Gasteiger partial charge in [-0.05, 0) is 55.2 Å². The number of aryl methyl sites for hydroxylation is 1. The minimum absolute atomic E-state index is 0.00160. The van der Waals surface area contributed by atoms with Crippen molar-refractivity contribution in [2.75, 3.05) is 12.1 Å². The first kappa shape index (κ1) is 14.4. The number of anilines is 1. The Bertz CT molecular complexity index is 799. The van der Waals surface area contributed by atoms with Gasteiger partial charge in [-0.1, -0.05) is 23.7 Å². The number of nitrogens with one attached hydrogen (secondary N) is 1. The predicted octanol–water partition coefficient (Wildman–Crippen LogP) is 4.05. The molecular weight excluding hydrogens is 314 g/mol. The smallest absolute Gasteiger partial charge is 0.235 e. The summed E-state index contributed by atoms with van der Waals surface area (Å²) in [5.74, 6) is 1.44. The molecule has 1 fully saturated rings. The standard InChI is InChI=1S/C18H16ClNO3/c1-11-2-4-13(19)9-14(11)20-17(21)18(6-7-18)12-3-5-15-16(8-12)23-10-22-15/h2-5,8-9H,6-7,10H2,1H3,(H,20,21). The van der Waals surface area contributed by atoms with Crippen molar-refractivity contribution >= 4 is 23.2 Å². The highest BCUT2D eigenvalue weighted by Crippen LogP contribution is 2.51. The summed E-state index contributed by atoms with van der Waals surface area (Å²) in [5, 5.41) is 3.63. The summed E-state index contributed by atoms with van der Waals surface area (Å²) in [5.41, 5.74) is 2.24. The third-order valence-electron chi connectivity index (χ3n) is 4.56. The van der Waals surface area contributed by atoms with Crippen LogP contribution < -0.4 is 14.8 Å². The molecule has 1 N–H and O–H groups in total. The summed E-state index contributed by atoms with van der Waals surface area (Å²) in [7, 11) is 0. The van der Waals surface area contributed by atoms with Crippen molar-refractivity contribution in [3.63, 3.8) is 0 Å². The van der Waals surface area contributed by atoms with E-state index in [4.69, 9.17) is 21.1 Å². The van der Waals surface area contributed by atoms with Crippen molar-refractivity contribution < 1.29 is 14.3 Å². The van der Waals surface area contributed by atoms with Crippen molar-refractivity contribution in [2.24, 2.45) is 0 Å². The van der Waals surface area contributed by atoms with Gasteiger partial charge in [0.05, 0.1) is 5.41 Å². The van der Waals surface area contributed by atoms with Gasteiger partial charge in [0.1, 0.15) is 0 Å². The van der Waals surface area contributed by atoms with E-state index in [9.17, 15) is 4.79 Å². The number of amides is 1. The summed E-state index contributed by atoms with van der Waals surface area (Å²) in [6.45, 7) is 2.19. The van der Waals surface area contributed by atoms with Crippen LogP contribution in [0.1, 0.15) is 24.0 Å². The second kappa shape index (κ2) is 5.17. The van der Waals surface area contributed by atoms with Crippen molar-refractivity contribution in [1.82, 2.24) is 0 Å². The summed E-state index contributed by atoms with van der Waals surface area (Å²) >= 11 is 6.03. The Balaban J connectivity index is 1.61. The first-order valence-electron chi connectivity index (χ1n) is 7.56. The quantitative estimate of drug-likeness (QED) is 0.924. The van der Waals surface area contributed by atoms with Gasteiger partial charge in [0, 0.05) is 10.7 Å². The second-order valence-electron chi connectivity index (χ2n) is 6.06. The Morgan fingerprint density at radius 1 is 1.13 bits per heavy atom. The first-order valence-corrected chi connectivity index (χ1v) is 7.94. The molecule has 118 valence electrons. The van der Waals surface area contributed by atoms with Crippen LogP contribution >= 0.6 is 11.6 Å². The van der Waals surface area contributed by atoms with Gasteiger partial charge in [-0.25, -0.2) is 0 Å². The number of hydrogen-bond acceptors (Lipinski definition) is 3. The number of fused-ring (bicyclic) bond motifs is 1. The highest BCUT2D eigenvalue weighted by Gasteiger charge is 2.51. The van der Waals surface area contributed by atoms with Gasteiger partial charge in [0.25, 0.3) is 0 Å². The molecule has 0 bridgehead atoms. The van der Waals surface area contributed by atoms with E-state index in [1.165, 1.54) is 0 Å². The molecule has 5 heteroatoms. The van der Waals surface area contributed by atoms with Gasteiger partial charge in [0.2, 0.25) is 12.7 Å². The molecule has 2 aromatic carbocycles. The van der Waals surface area contributed by atoms with E-state index < -0.39 is 5.41 Å². The zero-order valence-corrected chi connectivity index (χ0v) is 13.4. The fraction of sp³-hybridized carbons (Fsp3) is 0.278. The maximum Gasteiger partial charge on any atom is 0.235 e. The van der Waals surface area contributed by atoms with Crippen LogP contribution in [0.15, 0.2) is 36.4 Å². The largest absolute Gasteiger partial charge is 0.454 e. The molecule has 1 saturated carbocycles. The van der Waals surface area contributed by atoms with Gasteiger partial charge in [0.15, 0.2) is 11.5 Å². The Labute approximate surface area is 139 Å². The van der Waals surface area contributed by atoms with Gasteiger partial charge in [-0.3, -0.25) is 4.79 Å². The molecule has 4 nitrogen and oxygen atoms in total. The predicted molar refractivity (Wildman–Crippen MR) is 88.3 cm³/mol. The maximum absolute atomic E-state index is 12.8. The van der Waals surface area contributed by atoms with Crippen molar-refractivity contribution in [1.29, 1.82) is 0 Å². The minimum Gasteiger partial charge on any atom is -0.454 e. The lowest BCUT2D eigenvalue weighted by Gasteiger charge is -2.17. The molecule has 2 aliphatic rings. The zero-order chi connectivity index (χ0) is 16.0. The number of hydrogen-bond donors (Lipinski definition) is 1. The highest BCUT2D eigenvalue weighted by atomic mass is 35.5. The minimum atomic E-state index is -0.476. The molecule has 0 aromatic heterocycles. The Kier molecular flexibility index (Phi) is 3.23. The molecule has 0 saturated heterocycles. The van der Waals surface area contributed by atoms with Gasteiger partial charge in [-0.2, -0.15) is 0 Å². The normalized spacial score (nSPS) is 17.0. The third kappa shape index (κ3) is 2.43. The molecule has 4 rings (SSSR count). The summed E-state index contributed by atoms with van der Waals surface area (Å²) in [4.78, 5) is 12.8. The lowest BCUT2D eigenvalue weighted by molar-refractivity contribution is -0.118. The zero-order valence-electron chi connectivity index (χ0n) is 12.7. The number of carbonyl (C=O) groups is 1. The molecule has 1 heterocycles. The molecule has 0 atom stereocenters. The number of halogens is 1. The van der Waals surface area contributed by atoms with E-state index in [1.54, 1.807) is 6.07 Å². The molecule has 23 heavy (non-hydrogen) atoms. The average molecular weight is 330 g/mol. The van der Waals surface area contributed by atoms with Gasteiger partial charge in [-0.15, -0.1) is 0 Å². The van der Waals surface area contributed by atoms with E-state index in [-0.39, 0.29) is 12.7 Å². The molecule has 1 amide bonds. The van der Waals surface area contributed by atoms with Crippen LogP contribution in [-0.2, 0) is 10.2 Å². The van der Waals surface area contributed by atoms with Crippen LogP contribution in [0.4, 0.5) is 5.69 Å². The lowest BCUT2D eigenvalue weighted by atomic mass is 9.94. The van der Waals surface area contributed by atoms with Crippen molar-refractivity contribution in [3.8, 4) is 11.5 Å². The van der Waals surface area contributed by atoms with Crippen LogP contribution in [0.2, 0.25) is 5.02 Å². The molecule has 0 spiro atoms. The van der Waals surface area contributed by atoms with E-state index in [0.717, 1.165) is 35.4 Å². The molecule has 0 unspecified atom stereocenters. The molecule has 1 aliphatic carbocycles. The number of rotatable bonds is 3. The van der Waals surface area contributed by atoms with Crippen LogP contribution in [0, 0.1) is 6.92 Å². The maximum atomic E-state index is 12.8. The van der Waals surface area contributed by atoms with E-state index >= 15 is 0 Å². The lowest BCUT2D eigenvalue weighted by Crippen LogP contribution is -2.28. The highest BCUT2D eigenvalue weighted by molar-refractivity contribution is 6.31. The number of ether oxygens (including phenoxy) is 2. The summed E-state index contributed by atoms with van der Waals surface area (Å²) in [6, 6.07) is 11.2. The van der Waals surface area contributed by atoms with E-state index in [2.05, 4.69) is 5.32 Å². The van der Waals surface area contributed by atoms with E-state index in [0.29, 0.717) is 10.8 Å². The van der Waals surface area contributed by atoms with Crippen LogP contribution in [0.25, 0.3) is 0 Å². The topological polar surface area (TPSA) is 47.6 Å². The summed E-state index contributed by atoms with van der Waals surface area (Å²) in [6.07, 6.45) is 1.66. The van der Waals surface area contributed by atoms with E-state index in [1.807, 2.05) is 37.3 Å². The SMILES string of the molecule is Cc1ccc(Cl)cc1NC(=O)C1(c2ccc3c(c2)OCO3)CC1. The van der Waals surface area contributed by atoms with Crippen LogP contribution in [0.5, 0.6) is 11.5 Å². The van der Waals surface area contributed by atoms with Gasteiger partial charge >= 0.3 is 0 Å². The fourth-order valence-corrected chi connectivity index (χ4v) is 3.11.